The zero-order valence-corrected chi connectivity index (χ0v) is 9.50. The van der Waals surface area contributed by atoms with Gasteiger partial charge in [0.05, 0.1) is 22.4 Å². The lowest BCUT2D eigenvalue weighted by Crippen LogP contribution is -1.83. The zero-order chi connectivity index (χ0) is 11.8. The van der Waals surface area contributed by atoms with Gasteiger partial charge >= 0.3 is 0 Å². The Morgan fingerprint density at radius 2 is 2.00 bits per heavy atom. The molecule has 0 radical (unpaired) electrons. The Bertz CT molecular complexity index is 691. The molecule has 0 fully saturated rings. The average molecular weight is 247 g/mol. The second-order valence-electron chi connectivity index (χ2n) is 3.72. The summed E-state index contributed by atoms with van der Waals surface area (Å²) in [5.41, 5.74) is 1.86. The molecular formula is C13H8ClFN2. The maximum Gasteiger partial charge on any atom is 0.132 e. The summed E-state index contributed by atoms with van der Waals surface area (Å²) >= 11 is 6.24. The second-order valence-corrected chi connectivity index (χ2v) is 4.09. The van der Waals surface area contributed by atoms with Crippen LogP contribution in [0.4, 0.5) is 4.39 Å². The van der Waals surface area contributed by atoms with Crippen LogP contribution in [0.15, 0.2) is 42.7 Å². The largest absolute Gasteiger partial charge is 0.352 e. The minimum Gasteiger partial charge on any atom is -0.352 e. The first-order valence-electron chi connectivity index (χ1n) is 5.13. The van der Waals surface area contributed by atoms with Crippen LogP contribution in [-0.2, 0) is 0 Å². The molecule has 3 rings (SSSR count). The molecule has 0 saturated carbocycles. The molecule has 1 aromatic carbocycles. The molecular weight excluding hydrogens is 239 g/mol. The van der Waals surface area contributed by atoms with E-state index in [9.17, 15) is 4.39 Å². The highest BCUT2D eigenvalue weighted by Crippen LogP contribution is 2.34. The summed E-state index contributed by atoms with van der Waals surface area (Å²) in [6, 6.07) is 8.34. The topological polar surface area (TPSA) is 28.7 Å². The highest BCUT2D eigenvalue weighted by Gasteiger charge is 2.13. The molecule has 0 bridgehead atoms. The van der Waals surface area contributed by atoms with Gasteiger partial charge in [-0.25, -0.2) is 4.39 Å². The number of H-pyrrole nitrogens is 1. The third kappa shape index (κ3) is 1.59. The third-order valence-electron chi connectivity index (χ3n) is 2.68. The van der Waals surface area contributed by atoms with Crippen LogP contribution in [0.2, 0.25) is 5.02 Å². The van der Waals surface area contributed by atoms with Gasteiger partial charge in [0.2, 0.25) is 0 Å². The maximum atomic E-state index is 13.7. The van der Waals surface area contributed by atoms with Crippen molar-refractivity contribution in [1.29, 1.82) is 0 Å². The van der Waals surface area contributed by atoms with Gasteiger partial charge in [-0.1, -0.05) is 23.7 Å². The number of benzene rings is 1. The van der Waals surface area contributed by atoms with Crippen molar-refractivity contribution < 1.29 is 4.39 Å². The van der Waals surface area contributed by atoms with E-state index in [0.717, 1.165) is 10.9 Å². The molecule has 0 aliphatic carbocycles. The van der Waals surface area contributed by atoms with E-state index in [1.54, 1.807) is 36.7 Å². The monoisotopic (exact) mass is 246 g/mol. The van der Waals surface area contributed by atoms with E-state index in [2.05, 4.69) is 9.97 Å². The lowest BCUT2D eigenvalue weighted by molar-refractivity contribution is 0.631. The van der Waals surface area contributed by atoms with E-state index in [4.69, 9.17) is 11.6 Å². The normalized spacial score (nSPS) is 10.9. The van der Waals surface area contributed by atoms with Gasteiger partial charge in [-0.05, 0) is 18.2 Å². The Morgan fingerprint density at radius 3 is 2.76 bits per heavy atom. The summed E-state index contributed by atoms with van der Waals surface area (Å²) in [5.74, 6) is -0.297. The van der Waals surface area contributed by atoms with Crippen LogP contribution in [0, 0.1) is 5.82 Å². The van der Waals surface area contributed by atoms with Crippen molar-refractivity contribution in [1.82, 2.24) is 9.97 Å². The van der Waals surface area contributed by atoms with Gasteiger partial charge < -0.3 is 4.98 Å². The van der Waals surface area contributed by atoms with Crippen LogP contribution >= 0.6 is 11.6 Å². The second kappa shape index (κ2) is 3.86. The van der Waals surface area contributed by atoms with E-state index in [1.165, 1.54) is 6.07 Å². The Hall–Kier alpha value is -1.87. The quantitative estimate of drug-likeness (QED) is 0.690. The number of fused-ring (bicyclic) bond motifs is 1. The van der Waals surface area contributed by atoms with Crippen molar-refractivity contribution in [2.75, 3.05) is 0 Å². The van der Waals surface area contributed by atoms with Gasteiger partial charge in [-0.3, -0.25) is 4.98 Å². The number of rotatable bonds is 1. The lowest BCUT2D eigenvalue weighted by Gasteiger charge is -2.00. The predicted molar refractivity (Wildman–Crippen MR) is 66.5 cm³/mol. The van der Waals surface area contributed by atoms with Gasteiger partial charge in [-0.2, -0.15) is 0 Å². The first kappa shape index (κ1) is 10.3. The third-order valence-corrected chi connectivity index (χ3v) is 3.07. The highest BCUT2D eigenvalue weighted by atomic mass is 35.5. The number of nitrogens with zero attached hydrogens (tertiary/aromatic N) is 1. The zero-order valence-electron chi connectivity index (χ0n) is 8.74. The Kier molecular flexibility index (Phi) is 2.34. The molecule has 0 saturated heterocycles. The van der Waals surface area contributed by atoms with Crippen LogP contribution < -0.4 is 0 Å². The van der Waals surface area contributed by atoms with E-state index < -0.39 is 0 Å². The number of halogens is 2. The van der Waals surface area contributed by atoms with Crippen molar-refractivity contribution in [2.24, 2.45) is 0 Å². The number of aromatic amines is 1. The SMILES string of the molecule is Fc1ccccc1-c1[nH]c2cnccc2c1Cl. The molecule has 0 aliphatic rings. The molecule has 0 amide bonds. The molecule has 0 spiro atoms. The number of nitrogens with one attached hydrogen (secondary N) is 1. The number of hydrogen-bond donors (Lipinski definition) is 1. The molecule has 2 heterocycles. The van der Waals surface area contributed by atoms with Crippen molar-refractivity contribution in [3.8, 4) is 11.3 Å². The standard InChI is InChI=1S/C13H8ClFN2/c14-12-9-5-6-16-7-11(9)17-13(12)8-3-1-2-4-10(8)15/h1-7,17H. The Labute approximate surface area is 102 Å². The van der Waals surface area contributed by atoms with Gasteiger partial charge in [0.15, 0.2) is 0 Å². The summed E-state index contributed by atoms with van der Waals surface area (Å²) in [4.78, 5) is 7.09. The van der Waals surface area contributed by atoms with Crippen molar-refractivity contribution in [3.05, 3.63) is 53.6 Å². The molecule has 0 atom stereocenters. The number of hydrogen-bond acceptors (Lipinski definition) is 1. The smallest absolute Gasteiger partial charge is 0.132 e. The minimum absolute atomic E-state index is 0.297. The molecule has 1 N–H and O–H groups in total. The van der Waals surface area contributed by atoms with Crippen LogP contribution in [0.25, 0.3) is 22.2 Å². The van der Waals surface area contributed by atoms with E-state index in [-0.39, 0.29) is 5.82 Å². The highest BCUT2D eigenvalue weighted by molar-refractivity contribution is 6.38. The minimum atomic E-state index is -0.297. The van der Waals surface area contributed by atoms with Gasteiger partial charge in [0, 0.05) is 17.1 Å². The van der Waals surface area contributed by atoms with Crippen molar-refractivity contribution in [2.45, 2.75) is 0 Å². The fraction of sp³-hybridized carbons (Fsp3) is 0. The molecule has 0 aliphatic heterocycles. The van der Waals surface area contributed by atoms with E-state index in [1.807, 2.05) is 0 Å². The van der Waals surface area contributed by atoms with Gasteiger partial charge in [0.1, 0.15) is 5.82 Å². The van der Waals surface area contributed by atoms with Gasteiger partial charge in [-0.15, -0.1) is 0 Å². The van der Waals surface area contributed by atoms with E-state index >= 15 is 0 Å². The van der Waals surface area contributed by atoms with Gasteiger partial charge in [0.25, 0.3) is 0 Å². The van der Waals surface area contributed by atoms with Crippen LogP contribution in [0.3, 0.4) is 0 Å². The molecule has 0 unspecified atom stereocenters. The number of pyridine rings is 1. The first-order valence-corrected chi connectivity index (χ1v) is 5.51. The molecule has 3 aromatic rings. The summed E-state index contributed by atoms with van der Waals surface area (Å²) in [6.07, 6.45) is 3.33. The number of aromatic nitrogens is 2. The summed E-state index contributed by atoms with van der Waals surface area (Å²) in [6.45, 7) is 0. The van der Waals surface area contributed by atoms with Crippen molar-refractivity contribution in [3.63, 3.8) is 0 Å². The van der Waals surface area contributed by atoms with Crippen LogP contribution in [0.5, 0.6) is 0 Å². The molecule has 4 heteroatoms. The Balaban J connectivity index is 2.32. The lowest BCUT2D eigenvalue weighted by atomic mass is 10.1. The molecule has 17 heavy (non-hydrogen) atoms. The molecule has 2 aromatic heterocycles. The first-order chi connectivity index (χ1) is 8.27. The molecule has 84 valence electrons. The summed E-state index contributed by atoms with van der Waals surface area (Å²) < 4.78 is 13.7. The fourth-order valence-electron chi connectivity index (χ4n) is 1.86. The summed E-state index contributed by atoms with van der Waals surface area (Å²) in [5, 5.41) is 1.37. The van der Waals surface area contributed by atoms with E-state index in [0.29, 0.717) is 16.3 Å². The Morgan fingerprint density at radius 1 is 1.18 bits per heavy atom. The molecule has 2 nitrogen and oxygen atoms in total. The fourth-order valence-corrected chi connectivity index (χ4v) is 2.17. The maximum absolute atomic E-state index is 13.7. The predicted octanol–water partition coefficient (Wildman–Crippen LogP) is 4.02. The van der Waals surface area contributed by atoms with Crippen molar-refractivity contribution >= 4 is 22.5 Å². The van der Waals surface area contributed by atoms with Crippen LogP contribution in [0.1, 0.15) is 0 Å². The average Bonchev–Trinajstić information content (AvgIpc) is 2.68. The van der Waals surface area contributed by atoms with Crippen LogP contribution in [-0.4, -0.2) is 9.97 Å². The summed E-state index contributed by atoms with van der Waals surface area (Å²) in [7, 11) is 0.